The van der Waals surface area contributed by atoms with Gasteiger partial charge in [0.25, 0.3) is 0 Å². The second-order valence-electron chi connectivity index (χ2n) is 3.87. The Morgan fingerprint density at radius 1 is 1.61 bits per heavy atom. The number of fused-ring (bicyclic) bond motifs is 1. The van der Waals surface area contributed by atoms with E-state index in [0.29, 0.717) is 16.1 Å². The first-order valence-electron chi connectivity index (χ1n) is 5.20. The normalized spacial score (nSPS) is 13.9. The van der Waals surface area contributed by atoms with Gasteiger partial charge in [-0.1, -0.05) is 11.6 Å². The van der Waals surface area contributed by atoms with E-state index in [4.69, 9.17) is 16.7 Å². The van der Waals surface area contributed by atoms with Gasteiger partial charge in [-0.05, 0) is 13.0 Å². The van der Waals surface area contributed by atoms with E-state index in [2.05, 4.69) is 14.7 Å². The Hall–Kier alpha value is -1.15. The van der Waals surface area contributed by atoms with Crippen LogP contribution in [0.25, 0.3) is 11.0 Å². The number of halogens is 1. The van der Waals surface area contributed by atoms with Gasteiger partial charge in [-0.2, -0.15) is 0 Å². The maximum absolute atomic E-state index is 12.1. The van der Waals surface area contributed by atoms with Crippen LogP contribution >= 0.6 is 11.6 Å². The summed E-state index contributed by atoms with van der Waals surface area (Å²) in [6, 6.07) is 0.946. The van der Waals surface area contributed by atoms with Crippen molar-refractivity contribution >= 4 is 32.7 Å². The van der Waals surface area contributed by atoms with Gasteiger partial charge >= 0.3 is 0 Å². The highest BCUT2D eigenvalue weighted by atomic mass is 35.5. The van der Waals surface area contributed by atoms with Gasteiger partial charge in [0, 0.05) is 18.4 Å². The number of pyridine rings is 1. The molecule has 0 unspecified atom stereocenters. The SMILES string of the molecule is C[C@H](CO)NS(=O)(=O)c1c[nH]c2nccc(Cl)c12. The zero-order chi connectivity index (χ0) is 13.3. The summed E-state index contributed by atoms with van der Waals surface area (Å²) in [5.41, 5.74) is 0.402. The quantitative estimate of drug-likeness (QED) is 0.778. The monoisotopic (exact) mass is 289 g/mol. The number of rotatable bonds is 4. The third-order valence-electron chi connectivity index (χ3n) is 2.41. The van der Waals surface area contributed by atoms with E-state index in [9.17, 15) is 8.42 Å². The van der Waals surface area contributed by atoms with Gasteiger partial charge in [0.05, 0.1) is 17.0 Å². The Labute approximate surface area is 109 Å². The first-order valence-corrected chi connectivity index (χ1v) is 7.06. The predicted octanol–water partition coefficient (Wildman–Crippen LogP) is 0.875. The molecule has 18 heavy (non-hydrogen) atoms. The minimum atomic E-state index is -3.74. The average Bonchev–Trinajstić information content (AvgIpc) is 2.74. The van der Waals surface area contributed by atoms with Crippen molar-refractivity contribution in [1.82, 2.24) is 14.7 Å². The smallest absolute Gasteiger partial charge is 0.243 e. The Bertz CT molecular complexity index is 668. The first kappa shape index (κ1) is 13.3. The fourth-order valence-corrected chi connectivity index (χ4v) is 3.29. The lowest BCUT2D eigenvalue weighted by atomic mass is 10.3. The summed E-state index contributed by atoms with van der Waals surface area (Å²) >= 11 is 5.98. The zero-order valence-electron chi connectivity index (χ0n) is 9.51. The second-order valence-corrected chi connectivity index (χ2v) is 5.96. The molecule has 1 atom stereocenters. The molecule has 3 N–H and O–H groups in total. The molecule has 0 bridgehead atoms. The number of aromatic amines is 1. The van der Waals surface area contributed by atoms with Crippen molar-refractivity contribution in [3.05, 3.63) is 23.5 Å². The van der Waals surface area contributed by atoms with Crippen LogP contribution in [0.5, 0.6) is 0 Å². The van der Waals surface area contributed by atoms with Crippen molar-refractivity contribution in [1.29, 1.82) is 0 Å². The maximum atomic E-state index is 12.1. The molecule has 8 heteroatoms. The Morgan fingerprint density at radius 3 is 3.00 bits per heavy atom. The van der Waals surface area contributed by atoms with Crippen LogP contribution in [0.1, 0.15) is 6.92 Å². The summed E-state index contributed by atoms with van der Waals surface area (Å²) in [4.78, 5) is 6.77. The number of sulfonamides is 1. The van der Waals surface area contributed by atoms with Crippen molar-refractivity contribution < 1.29 is 13.5 Å². The van der Waals surface area contributed by atoms with Crippen LogP contribution < -0.4 is 4.72 Å². The molecule has 2 aromatic heterocycles. The molecule has 0 aliphatic carbocycles. The highest BCUT2D eigenvalue weighted by Gasteiger charge is 2.22. The molecule has 2 rings (SSSR count). The van der Waals surface area contributed by atoms with E-state index >= 15 is 0 Å². The van der Waals surface area contributed by atoms with Crippen molar-refractivity contribution in [3.8, 4) is 0 Å². The Balaban J connectivity index is 2.55. The average molecular weight is 290 g/mol. The standard InChI is InChI=1S/C10H12ClN3O3S/c1-6(5-15)14-18(16,17)8-4-13-10-9(8)7(11)2-3-12-10/h2-4,6,14-15H,5H2,1H3,(H,12,13)/t6-/m1/s1. The van der Waals surface area contributed by atoms with Crippen molar-refractivity contribution in [3.63, 3.8) is 0 Å². The Morgan fingerprint density at radius 2 is 2.33 bits per heavy atom. The number of aliphatic hydroxyl groups excluding tert-OH is 1. The van der Waals surface area contributed by atoms with E-state index in [-0.39, 0.29) is 11.5 Å². The lowest BCUT2D eigenvalue weighted by molar-refractivity contribution is 0.265. The number of nitrogens with zero attached hydrogens (tertiary/aromatic N) is 1. The molecule has 0 aromatic carbocycles. The topological polar surface area (TPSA) is 95.1 Å². The minimum Gasteiger partial charge on any atom is -0.395 e. The molecular weight excluding hydrogens is 278 g/mol. The van der Waals surface area contributed by atoms with Crippen LogP contribution in [0, 0.1) is 0 Å². The van der Waals surface area contributed by atoms with Crippen molar-refractivity contribution in [2.45, 2.75) is 17.9 Å². The molecule has 2 aromatic rings. The number of aromatic nitrogens is 2. The third-order valence-corrected chi connectivity index (χ3v) is 4.33. The van der Waals surface area contributed by atoms with Crippen LogP contribution in [-0.4, -0.2) is 36.1 Å². The van der Waals surface area contributed by atoms with Gasteiger partial charge in [-0.3, -0.25) is 0 Å². The molecule has 0 saturated heterocycles. The molecule has 0 aliphatic heterocycles. The lowest BCUT2D eigenvalue weighted by Gasteiger charge is -2.10. The van der Waals surface area contributed by atoms with Gasteiger partial charge < -0.3 is 10.1 Å². The number of hydrogen-bond donors (Lipinski definition) is 3. The van der Waals surface area contributed by atoms with Crippen LogP contribution in [-0.2, 0) is 10.0 Å². The number of nitrogens with one attached hydrogen (secondary N) is 2. The lowest BCUT2D eigenvalue weighted by Crippen LogP contribution is -2.34. The van der Waals surface area contributed by atoms with Crippen LogP contribution in [0.4, 0.5) is 0 Å². The predicted molar refractivity (Wildman–Crippen MR) is 68.0 cm³/mol. The molecule has 6 nitrogen and oxygen atoms in total. The van der Waals surface area contributed by atoms with E-state index in [1.165, 1.54) is 18.5 Å². The molecule has 0 fully saturated rings. The largest absolute Gasteiger partial charge is 0.395 e. The molecule has 0 amide bonds. The Kier molecular flexibility index (Phi) is 3.58. The molecular formula is C10H12ClN3O3S. The highest BCUT2D eigenvalue weighted by Crippen LogP contribution is 2.28. The van der Waals surface area contributed by atoms with Crippen molar-refractivity contribution in [2.75, 3.05) is 6.61 Å². The van der Waals surface area contributed by atoms with Crippen LogP contribution in [0.15, 0.2) is 23.4 Å². The van der Waals surface area contributed by atoms with Gasteiger partial charge in [-0.25, -0.2) is 18.1 Å². The van der Waals surface area contributed by atoms with E-state index in [1.54, 1.807) is 6.92 Å². The number of H-pyrrole nitrogens is 1. The highest BCUT2D eigenvalue weighted by molar-refractivity contribution is 7.89. The summed E-state index contributed by atoms with van der Waals surface area (Å²) in [6.07, 6.45) is 2.82. The molecule has 0 aliphatic rings. The van der Waals surface area contributed by atoms with Crippen LogP contribution in [0.2, 0.25) is 5.02 Å². The van der Waals surface area contributed by atoms with Gasteiger partial charge in [0.15, 0.2) is 0 Å². The van der Waals surface area contributed by atoms with Gasteiger partial charge in [0.2, 0.25) is 10.0 Å². The fraction of sp³-hybridized carbons (Fsp3) is 0.300. The van der Waals surface area contributed by atoms with Gasteiger partial charge in [-0.15, -0.1) is 0 Å². The number of hydrogen-bond acceptors (Lipinski definition) is 4. The summed E-state index contributed by atoms with van der Waals surface area (Å²) in [7, 11) is -3.74. The first-order chi connectivity index (χ1) is 8.45. The van der Waals surface area contributed by atoms with E-state index < -0.39 is 16.1 Å². The minimum absolute atomic E-state index is 0.0240. The van der Waals surface area contributed by atoms with Gasteiger partial charge in [0.1, 0.15) is 10.5 Å². The molecule has 0 radical (unpaired) electrons. The summed E-state index contributed by atoms with van der Waals surface area (Å²) in [6.45, 7) is 1.28. The molecule has 98 valence electrons. The summed E-state index contributed by atoms with van der Waals surface area (Å²) in [5.74, 6) is 0. The maximum Gasteiger partial charge on any atom is 0.243 e. The molecule has 0 spiro atoms. The zero-order valence-corrected chi connectivity index (χ0v) is 11.1. The summed E-state index contributed by atoms with van der Waals surface area (Å²) in [5, 5.41) is 9.54. The molecule has 0 saturated carbocycles. The van der Waals surface area contributed by atoms with E-state index in [1.807, 2.05) is 0 Å². The fourth-order valence-electron chi connectivity index (χ4n) is 1.57. The van der Waals surface area contributed by atoms with Crippen LogP contribution in [0.3, 0.4) is 0 Å². The second kappa shape index (κ2) is 4.85. The third kappa shape index (κ3) is 2.35. The number of aliphatic hydroxyl groups is 1. The summed E-state index contributed by atoms with van der Waals surface area (Å²) < 4.78 is 26.5. The molecule has 2 heterocycles. The van der Waals surface area contributed by atoms with E-state index in [0.717, 1.165) is 0 Å². The van der Waals surface area contributed by atoms with Crippen molar-refractivity contribution in [2.24, 2.45) is 0 Å².